The van der Waals surface area contributed by atoms with E-state index in [0.717, 1.165) is 4.31 Å². The van der Waals surface area contributed by atoms with E-state index in [1.807, 2.05) is 19.9 Å². The van der Waals surface area contributed by atoms with Gasteiger partial charge < -0.3 is 0 Å². The Balaban J connectivity index is 4.31. The third-order valence-corrected chi connectivity index (χ3v) is 2.45. The van der Waals surface area contributed by atoms with Crippen LogP contribution in [0, 0.1) is 17.2 Å². The number of rotatable bonds is 5. The quantitative estimate of drug-likeness (QED) is 0.688. The molecule has 0 atom stereocenters. The van der Waals surface area contributed by atoms with Gasteiger partial charge in [-0.2, -0.15) is 18.0 Å². The zero-order valence-corrected chi connectivity index (χ0v) is 8.71. The molecule has 6 heteroatoms. The molecule has 0 heterocycles. The molecule has 0 unspecified atom stereocenters. The minimum Gasteiger partial charge on any atom is -0.216 e. The van der Waals surface area contributed by atoms with E-state index in [-0.39, 0.29) is 18.9 Å². The van der Waals surface area contributed by atoms with Gasteiger partial charge in [0.2, 0.25) is 0 Å². The van der Waals surface area contributed by atoms with Crippen LogP contribution in [0.25, 0.3) is 0 Å². The number of nitrogens with two attached hydrogens (primary N) is 1. The summed E-state index contributed by atoms with van der Waals surface area (Å²) in [7, 11) is -3.65. The van der Waals surface area contributed by atoms with Crippen molar-refractivity contribution in [3.05, 3.63) is 0 Å². The molecular weight excluding hydrogens is 190 g/mol. The molecule has 0 bridgehead atoms. The normalized spacial score (nSPS) is 12.0. The van der Waals surface area contributed by atoms with Crippen LogP contribution >= 0.6 is 0 Å². The Bertz CT molecular complexity index is 279. The molecule has 0 amide bonds. The molecule has 0 aliphatic rings. The molecule has 13 heavy (non-hydrogen) atoms. The second kappa shape index (κ2) is 5.17. The summed E-state index contributed by atoms with van der Waals surface area (Å²) in [6.07, 6.45) is 0.170. The molecule has 76 valence electrons. The third-order valence-electron chi connectivity index (χ3n) is 1.40. The van der Waals surface area contributed by atoms with Crippen LogP contribution in [-0.4, -0.2) is 25.8 Å². The van der Waals surface area contributed by atoms with Gasteiger partial charge in [-0.3, -0.25) is 0 Å². The first-order chi connectivity index (χ1) is 5.88. The maximum absolute atomic E-state index is 11.0. The van der Waals surface area contributed by atoms with Crippen LogP contribution in [0.2, 0.25) is 0 Å². The minimum absolute atomic E-state index is 0.170. The number of hydrogen-bond donors (Lipinski definition) is 1. The van der Waals surface area contributed by atoms with Crippen molar-refractivity contribution in [3.63, 3.8) is 0 Å². The average molecular weight is 205 g/mol. The Hall–Kier alpha value is -0.640. The topological polar surface area (TPSA) is 87.2 Å². The smallest absolute Gasteiger partial charge is 0.216 e. The van der Waals surface area contributed by atoms with Gasteiger partial charge in [-0.1, -0.05) is 13.8 Å². The first kappa shape index (κ1) is 12.4. The van der Waals surface area contributed by atoms with E-state index < -0.39 is 10.2 Å². The molecule has 0 fully saturated rings. The summed E-state index contributed by atoms with van der Waals surface area (Å²) in [6.45, 7) is 4.32. The van der Waals surface area contributed by atoms with Gasteiger partial charge in [-0.25, -0.2) is 5.14 Å². The molecule has 0 spiro atoms. The zero-order chi connectivity index (χ0) is 10.5. The molecule has 0 saturated carbocycles. The van der Waals surface area contributed by atoms with Crippen molar-refractivity contribution in [1.82, 2.24) is 4.31 Å². The van der Waals surface area contributed by atoms with E-state index in [9.17, 15) is 8.42 Å². The Kier molecular flexibility index (Phi) is 4.91. The van der Waals surface area contributed by atoms with Crippen molar-refractivity contribution < 1.29 is 8.42 Å². The first-order valence-corrected chi connectivity index (χ1v) is 5.53. The molecule has 0 aromatic heterocycles. The number of hydrogen-bond acceptors (Lipinski definition) is 3. The van der Waals surface area contributed by atoms with Gasteiger partial charge in [0.25, 0.3) is 10.2 Å². The maximum atomic E-state index is 11.0. The van der Waals surface area contributed by atoms with E-state index in [1.54, 1.807) is 0 Å². The van der Waals surface area contributed by atoms with Gasteiger partial charge >= 0.3 is 0 Å². The highest BCUT2D eigenvalue weighted by molar-refractivity contribution is 7.86. The highest BCUT2D eigenvalue weighted by Crippen LogP contribution is 2.02. The van der Waals surface area contributed by atoms with Gasteiger partial charge in [-0.05, 0) is 5.92 Å². The molecule has 0 aromatic carbocycles. The van der Waals surface area contributed by atoms with Crippen LogP contribution in [0.4, 0.5) is 0 Å². The Morgan fingerprint density at radius 2 is 2.08 bits per heavy atom. The van der Waals surface area contributed by atoms with E-state index in [4.69, 9.17) is 10.4 Å². The average Bonchev–Trinajstić information content (AvgIpc) is 1.95. The van der Waals surface area contributed by atoms with Gasteiger partial charge in [0.15, 0.2) is 0 Å². The van der Waals surface area contributed by atoms with Crippen molar-refractivity contribution in [2.24, 2.45) is 11.1 Å². The largest absolute Gasteiger partial charge is 0.276 e. The van der Waals surface area contributed by atoms with Gasteiger partial charge in [0.1, 0.15) is 0 Å². The van der Waals surface area contributed by atoms with Gasteiger partial charge in [0, 0.05) is 19.5 Å². The second-order valence-corrected chi connectivity index (χ2v) is 4.75. The highest BCUT2D eigenvalue weighted by atomic mass is 32.2. The molecule has 0 saturated heterocycles. The van der Waals surface area contributed by atoms with Crippen LogP contribution < -0.4 is 5.14 Å². The van der Waals surface area contributed by atoms with Gasteiger partial charge in [0.05, 0.1) is 6.07 Å². The SMILES string of the molecule is CC(C)CN(CCC#N)S(N)(=O)=O. The fourth-order valence-electron chi connectivity index (χ4n) is 0.904. The Morgan fingerprint density at radius 1 is 1.54 bits per heavy atom. The fourth-order valence-corrected chi connectivity index (χ4v) is 1.76. The van der Waals surface area contributed by atoms with Gasteiger partial charge in [-0.15, -0.1) is 0 Å². The Morgan fingerprint density at radius 3 is 2.38 bits per heavy atom. The van der Waals surface area contributed by atoms with Crippen molar-refractivity contribution >= 4 is 10.2 Å². The summed E-state index contributed by atoms with van der Waals surface area (Å²) in [4.78, 5) is 0. The monoisotopic (exact) mass is 205 g/mol. The van der Waals surface area contributed by atoms with Crippen molar-refractivity contribution in [2.75, 3.05) is 13.1 Å². The van der Waals surface area contributed by atoms with Crippen LogP contribution in [0.3, 0.4) is 0 Å². The van der Waals surface area contributed by atoms with Crippen LogP contribution in [-0.2, 0) is 10.2 Å². The van der Waals surface area contributed by atoms with Crippen LogP contribution in [0.15, 0.2) is 0 Å². The summed E-state index contributed by atoms with van der Waals surface area (Å²) in [5.41, 5.74) is 0. The minimum atomic E-state index is -3.65. The lowest BCUT2D eigenvalue weighted by Gasteiger charge is -2.19. The predicted octanol–water partition coefficient (Wildman–Crippen LogP) is 0.0616. The highest BCUT2D eigenvalue weighted by Gasteiger charge is 2.17. The summed E-state index contributed by atoms with van der Waals surface area (Å²) in [6, 6.07) is 1.88. The summed E-state index contributed by atoms with van der Waals surface area (Å²) >= 11 is 0. The standard InChI is InChI=1S/C7H15N3O2S/c1-7(2)6-10(5-3-4-8)13(9,11)12/h7H,3,5-6H2,1-2H3,(H2,9,11,12). The summed E-state index contributed by atoms with van der Waals surface area (Å²) in [5.74, 6) is 0.206. The molecule has 0 aliphatic heterocycles. The van der Waals surface area contributed by atoms with E-state index >= 15 is 0 Å². The van der Waals surface area contributed by atoms with E-state index in [1.165, 1.54) is 0 Å². The molecule has 0 radical (unpaired) electrons. The molecule has 0 aromatic rings. The summed E-state index contributed by atoms with van der Waals surface area (Å²) in [5, 5.41) is 13.3. The maximum Gasteiger partial charge on any atom is 0.276 e. The Labute approximate surface area is 79.3 Å². The van der Waals surface area contributed by atoms with E-state index in [2.05, 4.69) is 0 Å². The molecular formula is C7H15N3O2S. The van der Waals surface area contributed by atoms with Crippen LogP contribution in [0.1, 0.15) is 20.3 Å². The molecule has 0 rings (SSSR count). The van der Waals surface area contributed by atoms with Crippen molar-refractivity contribution in [3.8, 4) is 6.07 Å². The van der Waals surface area contributed by atoms with E-state index in [0.29, 0.717) is 6.54 Å². The number of nitriles is 1. The number of nitrogens with zero attached hydrogens (tertiary/aromatic N) is 2. The lowest BCUT2D eigenvalue weighted by Crippen LogP contribution is -2.39. The lowest BCUT2D eigenvalue weighted by molar-refractivity contribution is 0.373. The van der Waals surface area contributed by atoms with Crippen molar-refractivity contribution in [1.29, 1.82) is 5.26 Å². The lowest BCUT2D eigenvalue weighted by atomic mass is 10.2. The molecule has 2 N–H and O–H groups in total. The third kappa shape index (κ3) is 5.58. The second-order valence-electron chi connectivity index (χ2n) is 3.20. The summed E-state index contributed by atoms with van der Waals surface area (Å²) < 4.78 is 23.1. The molecule has 0 aliphatic carbocycles. The van der Waals surface area contributed by atoms with Crippen molar-refractivity contribution in [2.45, 2.75) is 20.3 Å². The molecule has 5 nitrogen and oxygen atoms in total. The van der Waals surface area contributed by atoms with Crippen LogP contribution in [0.5, 0.6) is 0 Å². The fraction of sp³-hybridized carbons (Fsp3) is 0.857. The predicted molar refractivity (Wildman–Crippen MR) is 49.7 cm³/mol. The first-order valence-electron chi connectivity index (χ1n) is 4.02. The zero-order valence-electron chi connectivity index (χ0n) is 7.90.